The van der Waals surface area contributed by atoms with E-state index in [1.165, 1.54) is 0 Å². The van der Waals surface area contributed by atoms with Gasteiger partial charge in [-0.2, -0.15) is 10.2 Å². The largest absolute Gasteiger partial charge is 0.306 e. The van der Waals surface area contributed by atoms with Crippen molar-refractivity contribution in [2.45, 2.75) is 25.9 Å². The van der Waals surface area contributed by atoms with Gasteiger partial charge in [-0.15, -0.1) is 0 Å². The molecule has 1 aromatic carbocycles. The zero-order valence-electron chi connectivity index (χ0n) is 14.4. The zero-order chi connectivity index (χ0) is 19.8. The van der Waals surface area contributed by atoms with Crippen molar-refractivity contribution in [2.75, 3.05) is 5.32 Å². The van der Waals surface area contributed by atoms with E-state index in [1.54, 1.807) is 60.0 Å². The number of benzene rings is 1. The van der Waals surface area contributed by atoms with Crippen molar-refractivity contribution in [3.63, 3.8) is 0 Å². The maximum atomic E-state index is 12.7. The number of nitrogens with one attached hydrogen (secondary N) is 1. The number of carbonyl (C=O) groups is 1. The second kappa shape index (κ2) is 7.83. The molecule has 2 heterocycles. The fraction of sp³-hybridized carbons (Fsp3) is 0.235. The van der Waals surface area contributed by atoms with E-state index in [4.69, 9.17) is 34.8 Å². The number of amides is 1. The van der Waals surface area contributed by atoms with E-state index in [2.05, 4.69) is 31.4 Å². The van der Waals surface area contributed by atoms with Gasteiger partial charge in [0.25, 0.3) is 5.91 Å². The average Bonchev–Trinajstić information content (AvgIpc) is 3.18. The minimum Gasteiger partial charge on any atom is -0.306 e. The molecule has 0 bridgehead atoms. The Hall–Kier alpha value is -1.54. The second-order valence-corrected chi connectivity index (χ2v) is 8.48. The number of hydrogen-bond acceptors (Lipinski definition) is 3. The first-order valence-corrected chi connectivity index (χ1v) is 9.79. The number of anilines is 1. The van der Waals surface area contributed by atoms with E-state index < -0.39 is 5.54 Å². The van der Waals surface area contributed by atoms with Crippen LogP contribution in [0.4, 0.5) is 5.82 Å². The van der Waals surface area contributed by atoms with E-state index in [9.17, 15) is 4.79 Å². The molecule has 0 radical (unpaired) electrons. The van der Waals surface area contributed by atoms with Crippen LogP contribution < -0.4 is 5.32 Å². The lowest BCUT2D eigenvalue weighted by molar-refractivity contribution is -0.123. The standard InChI is InChI=1S/C17H15BrCl3N5O/c1-17(2,26-7-10(18)6-22-26)16(27)23-15-14(21)9-25(24-15)8-11-12(19)4-3-5-13(11)20/h3-7,9H,8H2,1-2H3,(H,23,24,27). The van der Waals surface area contributed by atoms with Crippen molar-refractivity contribution in [1.29, 1.82) is 0 Å². The van der Waals surface area contributed by atoms with Gasteiger partial charge >= 0.3 is 0 Å². The summed E-state index contributed by atoms with van der Waals surface area (Å²) in [4.78, 5) is 12.7. The Balaban J connectivity index is 1.80. The number of nitrogens with zero attached hydrogens (tertiary/aromatic N) is 4. The molecule has 2 aromatic heterocycles. The molecule has 142 valence electrons. The predicted octanol–water partition coefficient (Wildman–Crippen LogP) is 5.22. The fourth-order valence-corrected chi connectivity index (χ4v) is 3.38. The topological polar surface area (TPSA) is 64.7 Å². The van der Waals surface area contributed by atoms with Crippen molar-refractivity contribution in [1.82, 2.24) is 19.6 Å². The van der Waals surface area contributed by atoms with Gasteiger partial charge in [-0.1, -0.05) is 40.9 Å². The highest BCUT2D eigenvalue weighted by Crippen LogP contribution is 2.28. The Morgan fingerprint density at radius 2 is 1.85 bits per heavy atom. The van der Waals surface area contributed by atoms with Crippen LogP contribution in [0.15, 0.2) is 41.3 Å². The van der Waals surface area contributed by atoms with Crippen LogP contribution in [0.1, 0.15) is 19.4 Å². The zero-order valence-corrected chi connectivity index (χ0v) is 18.2. The highest BCUT2D eigenvalue weighted by atomic mass is 79.9. The number of hydrogen-bond donors (Lipinski definition) is 1. The van der Waals surface area contributed by atoms with Gasteiger partial charge in [0.15, 0.2) is 5.82 Å². The highest BCUT2D eigenvalue weighted by Gasteiger charge is 2.31. The van der Waals surface area contributed by atoms with E-state index in [0.29, 0.717) is 21.6 Å². The number of aromatic nitrogens is 4. The molecule has 1 N–H and O–H groups in total. The highest BCUT2D eigenvalue weighted by molar-refractivity contribution is 9.10. The van der Waals surface area contributed by atoms with Crippen LogP contribution in [0.2, 0.25) is 15.1 Å². The molecule has 0 aliphatic rings. The third kappa shape index (κ3) is 4.32. The molecule has 3 aromatic rings. The summed E-state index contributed by atoms with van der Waals surface area (Å²) in [7, 11) is 0. The number of halogens is 4. The Bertz CT molecular complexity index is 978. The summed E-state index contributed by atoms with van der Waals surface area (Å²) in [6, 6.07) is 5.27. The first kappa shape index (κ1) is 20.2. The van der Waals surface area contributed by atoms with Gasteiger partial charge in [-0.3, -0.25) is 14.2 Å². The molecular weight excluding hydrogens is 476 g/mol. The maximum Gasteiger partial charge on any atom is 0.253 e. The van der Waals surface area contributed by atoms with E-state index in [-0.39, 0.29) is 11.7 Å². The molecule has 27 heavy (non-hydrogen) atoms. The van der Waals surface area contributed by atoms with Crippen molar-refractivity contribution in [2.24, 2.45) is 0 Å². The van der Waals surface area contributed by atoms with Gasteiger partial charge in [0.2, 0.25) is 0 Å². The summed E-state index contributed by atoms with van der Waals surface area (Å²) in [5.41, 5.74) is -0.217. The second-order valence-electron chi connectivity index (χ2n) is 6.34. The summed E-state index contributed by atoms with van der Waals surface area (Å²) >= 11 is 22.0. The molecule has 0 saturated heterocycles. The molecule has 0 atom stereocenters. The first-order chi connectivity index (χ1) is 12.7. The van der Waals surface area contributed by atoms with Gasteiger partial charge < -0.3 is 5.32 Å². The Morgan fingerprint density at radius 3 is 2.44 bits per heavy atom. The van der Waals surface area contributed by atoms with Crippen LogP contribution in [0, 0.1) is 0 Å². The lowest BCUT2D eigenvalue weighted by Crippen LogP contribution is -2.40. The molecule has 0 aliphatic heterocycles. The molecule has 3 rings (SSSR count). The summed E-state index contributed by atoms with van der Waals surface area (Å²) in [6.07, 6.45) is 4.94. The average molecular weight is 492 g/mol. The number of carbonyl (C=O) groups excluding carboxylic acids is 1. The summed E-state index contributed by atoms with van der Waals surface area (Å²) in [5, 5.41) is 12.6. The summed E-state index contributed by atoms with van der Waals surface area (Å²) in [5.74, 6) is -0.0508. The van der Waals surface area contributed by atoms with Crippen LogP contribution in [-0.2, 0) is 16.9 Å². The van der Waals surface area contributed by atoms with Gasteiger partial charge in [0.1, 0.15) is 10.6 Å². The van der Waals surface area contributed by atoms with Crippen LogP contribution in [0.5, 0.6) is 0 Å². The Labute approximate surface area is 179 Å². The predicted molar refractivity (Wildman–Crippen MR) is 111 cm³/mol. The van der Waals surface area contributed by atoms with E-state index in [1.807, 2.05) is 0 Å². The summed E-state index contributed by atoms with van der Waals surface area (Å²) < 4.78 is 3.91. The van der Waals surface area contributed by atoms with Gasteiger partial charge in [-0.25, -0.2) is 0 Å². The Morgan fingerprint density at radius 1 is 1.19 bits per heavy atom. The van der Waals surface area contributed by atoms with E-state index in [0.717, 1.165) is 10.0 Å². The molecule has 0 saturated carbocycles. The molecule has 0 unspecified atom stereocenters. The third-order valence-corrected chi connectivity index (χ3v) is 5.40. The normalized spacial score (nSPS) is 11.6. The first-order valence-electron chi connectivity index (χ1n) is 7.86. The molecule has 0 aliphatic carbocycles. The van der Waals surface area contributed by atoms with Gasteiger partial charge in [0, 0.05) is 28.0 Å². The van der Waals surface area contributed by atoms with Crippen molar-refractivity contribution in [3.05, 3.63) is 61.9 Å². The van der Waals surface area contributed by atoms with Crippen LogP contribution in [0.25, 0.3) is 0 Å². The lowest BCUT2D eigenvalue weighted by atomic mass is 10.1. The monoisotopic (exact) mass is 489 g/mol. The molecule has 6 nitrogen and oxygen atoms in total. The molecular formula is C17H15BrCl3N5O. The van der Waals surface area contributed by atoms with Gasteiger partial charge in [0.05, 0.1) is 17.2 Å². The maximum absolute atomic E-state index is 12.7. The lowest BCUT2D eigenvalue weighted by Gasteiger charge is -2.23. The molecule has 0 spiro atoms. The molecule has 1 amide bonds. The minimum atomic E-state index is -0.939. The summed E-state index contributed by atoms with van der Waals surface area (Å²) in [6.45, 7) is 3.82. The molecule has 0 fully saturated rings. The van der Waals surface area contributed by atoms with Crippen LogP contribution >= 0.6 is 50.7 Å². The quantitative estimate of drug-likeness (QED) is 0.532. The van der Waals surface area contributed by atoms with E-state index >= 15 is 0 Å². The van der Waals surface area contributed by atoms with Gasteiger partial charge in [-0.05, 0) is 41.9 Å². The molecule has 10 heteroatoms. The Kier molecular flexibility index (Phi) is 5.86. The SMILES string of the molecule is CC(C)(C(=O)Nc1nn(Cc2c(Cl)cccc2Cl)cc1Cl)n1cc(Br)cn1. The number of rotatable bonds is 5. The minimum absolute atomic E-state index is 0.254. The van der Waals surface area contributed by atoms with Crippen LogP contribution in [0.3, 0.4) is 0 Å². The van der Waals surface area contributed by atoms with Crippen molar-refractivity contribution < 1.29 is 4.79 Å². The third-order valence-electron chi connectivity index (χ3n) is 4.01. The smallest absolute Gasteiger partial charge is 0.253 e. The fourth-order valence-electron chi connectivity index (χ4n) is 2.38. The van der Waals surface area contributed by atoms with Crippen molar-refractivity contribution in [3.8, 4) is 0 Å². The van der Waals surface area contributed by atoms with Crippen molar-refractivity contribution >= 4 is 62.5 Å². The van der Waals surface area contributed by atoms with Crippen LogP contribution in [-0.4, -0.2) is 25.5 Å².